The first-order valence-corrected chi connectivity index (χ1v) is 6.94. The van der Waals surface area contributed by atoms with E-state index in [9.17, 15) is 8.60 Å². The Balaban J connectivity index is 2.22. The van der Waals surface area contributed by atoms with Gasteiger partial charge in [-0.05, 0) is 35.9 Å². The Morgan fingerprint density at radius 1 is 1.22 bits per heavy atom. The Labute approximate surface area is 112 Å². The maximum absolute atomic E-state index is 13.6. The number of rotatable bonds is 3. The molecule has 2 N–H and O–H groups in total. The minimum atomic E-state index is -1.45. The molecule has 0 bridgehead atoms. The summed E-state index contributed by atoms with van der Waals surface area (Å²) in [5, 5.41) is 0.572. The Kier molecular flexibility index (Phi) is 3.99. The van der Waals surface area contributed by atoms with Gasteiger partial charge in [-0.3, -0.25) is 4.21 Å². The van der Waals surface area contributed by atoms with Crippen LogP contribution < -0.4 is 5.73 Å². The average Bonchev–Trinajstić information content (AvgIpc) is 2.28. The number of halogens is 2. The van der Waals surface area contributed by atoms with Crippen LogP contribution in [0.4, 0.5) is 10.1 Å². The van der Waals surface area contributed by atoms with Crippen molar-refractivity contribution < 1.29 is 8.60 Å². The van der Waals surface area contributed by atoms with Gasteiger partial charge in [-0.1, -0.05) is 23.7 Å². The van der Waals surface area contributed by atoms with Gasteiger partial charge >= 0.3 is 0 Å². The lowest BCUT2D eigenvalue weighted by Crippen LogP contribution is -2.00. The maximum Gasteiger partial charge on any atom is 0.141 e. The molecule has 5 heteroatoms. The summed E-state index contributed by atoms with van der Waals surface area (Å²) in [6.07, 6.45) is 0. The number of hydrogen-bond acceptors (Lipinski definition) is 2. The largest absolute Gasteiger partial charge is 0.399 e. The highest BCUT2D eigenvalue weighted by molar-refractivity contribution is 7.84. The van der Waals surface area contributed by atoms with Crippen molar-refractivity contribution in [2.24, 2.45) is 0 Å². The summed E-state index contributed by atoms with van der Waals surface area (Å²) in [5.41, 5.74) is 6.56. The van der Waals surface area contributed by atoms with E-state index in [1.165, 1.54) is 18.2 Å². The van der Waals surface area contributed by atoms with E-state index in [0.29, 0.717) is 10.7 Å². The van der Waals surface area contributed by atoms with Gasteiger partial charge in [0.05, 0.1) is 21.4 Å². The number of nitrogen functional groups attached to an aromatic ring is 1. The van der Waals surface area contributed by atoms with Crippen LogP contribution in [0.3, 0.4) is 0 Å². The van der Waals surface area contributed by atoms with Crippen LogP contribution in [0.2, 0.25) is 5.02 Å². The van der Waals surface area contributed by atoms with Gasteiger partial charge in [-0.2, -0.15) is 0 Å². The fraction of sp³-hybridized carbons (Fsp3) is 0.0769. The summed E-state index contributed by atoms with van der Waals surface area (Å²) in [6, 6.07) is 11.2. The highest BCUT2D eigenvalue weighted by Crippen LogP contribution is 2.19. The topological polar surface area (TPSA) is 43.1 Å². The van der Waals surface area contributed by atoms with Crippen molar-refractivity contribution >= 4 is 28.1 Å². The van der Waals surface area contributed by atoms with Crippen LogP contribution in [0.15, 0.2) is 47.4 Å². The second kappa shape index (κ2) is 5.50. The molecule has 1 atom stereocenters. The highest BCUT2D eigenvalue weighted by Gasteiger charge is 2.11. The summed E-state index contributed by atoms with van der Waals surface area (Å²) < 4.78 is 25.6. The van der Waals surface area contributed by atoms with Gasteiger partial charge in [-0.15, -0.1) is 0 Å². The smallest absolute Gasteiger partial charge is 0.141 e. The van der Waals surface area contributed by atoms with E-state index in [-0.39, 0.29) is 10.6 Å². The van der Waals surface area contributed by atoms with E-state index in [0.717, 1.165) is 5.56 Å². The lowest BCUT2D eigenvalue weighted by atomic mass is 10.2. The SMILES string of the molecule is Nc1ccc(S(=O)Cc2cccc(Cl)c2)c(F)c1. The highest BCUT2D eigenvalue weighted by atomic mass is 35.5. The molecular formula is C13H11ClFNOS. The molecule has 94 valence electrons. The molecule has 1 unspecified atom stereocenters. The maximum atomic E-state index is 13.6. The number of nitrogens with two attached hydrogens (primary N) is 1. The molecule has 2 nitrogen and oxygen atoms in total. The van der Waals surface area contributed by atoms with Crippen LogP contribution in [0.25, 0.3) is 0 Å². The molecule has 0 aliphatic heterocycles. The second-order valence-corrected chi connectivity index (χ2v) is 5.67. The van der Waals surface area contributed by atoms with Crippen LogP contribution >= 0.6 is 11.6 Å². The van der Waals surface area contributed by atoms with Gasteiger partial charge < -0.3 is 5.73 Å². The fourth-order valence-electron chi connectivity index (χ4n) is 1.56. The summed E-state index contributed by atoms with van der Waals surface area (Å²) in [4.78, 5) is 0.157. The summed E-state index contributed by atoms with van der Waals surface area (Å²) in [7, 11) is -1.45. The third-order valence-electron chi connectivity index (χ3n) is 2.39. The molecule has 0 fully saturated rings. The number of hydrogen-bond donors (Lipinski definition) is 1. The molecule has 0 saturated heterocycles. The summed E-state index contributed by atoms with van der Waals surface area (Å²) in [5.74, 6) is -0.322. The number of benzene rings is 2. The Hall–Kier alpha value is -1.39. The molecular weight excluding hydrogens is 273 g/mol. The van der Waals surface area contributed by atoms with Crippen LogP contribution in [0.1, 0.15) is 5.56 Å². The molecule has 2 aromatic rings. The van der Waals surface area contributed by atoms with Crippen molar-refractivity contribution in [3.05, 3.63) is 58.9 Å². The summed E-state index contributed by atoms with van der Waals surface area (Å²) >= 11 is 5.84. The predicted octanol–water partition coefficient (Wildman–Crippen LogP) is 3.37. The van der Waals surface area contributed by atoms with E-state index < -0.39 is 16.6 Å². The van der Waals surface area contributed by atoms with Crippen molar-refractivity contribution in [2.75, 3.05) is 5.73 Å². The Morgan fingerprint density at radius 3 is 2.67 bits per heavy atom. The third-order valence-corrected chi connectivity index (χ3v) is 4.04. The first kappa shape index (κ1) is 13.1. The minimum absolute atomic E-state index is 0.157. The van der Waals surface area contributed by atoms with Gasteiger partial charge in [0.25, 0.3) is 0 Å². The Bertz CT molecular complexity index is 603. The molecule has 18 heavy (non-hydrogen) atoms. The lowest BCUT2D eigenvalue weighted by molar-refractivity contribution is 0.596. The van der Waals surface area contributed by atoms with Crippen molar-refractivity contribution in [3.63, 3.8) is 0 Å². The van der Waals surface area contributed by atoms with Gasteiger partial charge in [0.2, 0.25) is 0 Å². The van der Waals surface area contributed by atoms with E-state index in [1.807, 2.05) is 0 Å². The van der Waals surface area contributed by atoms with E-state index >= 15 is 0 Å². The fourth-order valence-corrected chi connectivity index (χ4v) is 2.90. The Morgan fingerprint density at radius 2 is 2.00 bits per heavy atom. The first-order valence-electron chi connectivity index (χ1n) is 5.24. The third kappa shape index (κ3) is 3.09. The van der Waals surface area contributed by atoms with Crippen molar-refractivity contribution in [1.29, 1.82) is 0 Å². The number of anilines is 1. The quantitative estimate of drug-likeness (QED) is 0.878. The van der Waals surface area contributed by atoms with Gasteiger partial charge in [0.1, 0.15) is 5.82 Å². The first-order chi connectivity index (χ1) is 8.56. The van der Waals surface area contributed by atoms with Gasteiger partial charge in [0, 0.05) is 10.7 Å². The van der Waals surface area contributed by atoms with Gasteiger partial charge in [0.15, 0.2) is 0 Å². The zero-order chi connectivity index (χ0) is 13.1. The molecule has 0 amide bonds. The lowest BCUT2D eigenvalue weighted by Gasteiger charge is -2.05. The predicted molar refractivity (Wildman–Crippen MR) is 72.4 cm³/mol. The van der Waals surface area contributed by atoms with E-state index in [1.54, 1.807) is 24.3 Å². The van der Waals surface area contributed by atoms with Crippen molar-refractivity contribution in [1.82, 2.24) is 0 Å². The molecule has 2 rings (SSSR count). The van der Waals surface area contributed by atoms with Crippen molar-refractivity contribution in [3.8, 4) is 0 Å². The van der Waals surface area contributed by atoms with Crippen LogP contribution in [-0.2, 0) is 16.6 Å². The molecule has 0 aliphatic rings. The average molecular weight is 284 g/mol. The zero-order valence-electron chi connectivity index (χ0n) is 9.40. The molecule has 2 aromatic carbocycles. The van der Waals surface area contributed by atoms with E-state index in [2.05, 4.69) is 0 Å². The standard InChI is InChI=1S/C13H11ClFNOS/c14-10-3-1-2-9(6-10)8-18(17)13-5-4-11(16)7-12(13)15/h1-7H,8,16H2. The molecule has 0 aromatic heterocycles. The van der Waals surface area contributed by atoms with Crippen molar-refractivity contribution in [2.45, 2.75) is 10.6 Å². The molecule has 0 aliphatic carbocycles. The molecule has 0 saturated carbocycles. The van der Waals surface area contributed by atoms with Crippen LogP contribution in [0.5, 0.6) is 0 Å². The van der Waals surface area contributed by atoms with Crippen LogP contribution in [-0.4, -0.2) is 4.21 Å². The van der Waals surface area contributed by atoms with E-state index in [4.69, 9.17) is 17.3 Å². The van der Waals surface area contributed by atoms with Crippen LogP contribution in [0, 0.1) is 5.82 Å². The zero-order valence-corrected chi connectivity index (χ0v) is 11.0. The summed E-state index contributed by atoms with van der Waals surface area (Å²) in [6.45, 7) is 0. The molecule has 0 heterocycles. The minimum Gasteiger partial charge on any atom is -0.399 e. The second-order valence-electron chi connectivity index (χ2n) is 3.81. The van der Waals surface area contributed by atoms with Gasteiger partial charge in [-0.25, -0.2) is 4.39 Å². The molecule has 0 radical (unpaired) electrons. The normalized spacial score (nSPS) is 12.3. The molecule has 0 spiro atoms. The monoisotopic (exact) mass is 283 g/mol.